The second kappa shape index (κ2) is 14.8. The van der Waals surface area contributed by atoms with Gasteiger partial charge in [-0.2, -0.15) is 0 Å². The highest BCUT2D eigenvalue weighted by molar-refractivity contribution is 6.12. The van der Waals surface area contributed by atoms with Crippen molar-refractivity contribution in [1.29, 1.82) is 0 Å². The zero-order valence-corrected chi connectivity index (χ0v) is 37.3. The fourth-order valence-corrected chi connectivity index (χ4v) is 11.2. The first-order chi connectivity index (χ1) is 30.7. The van der Waals surface area contributed by atoms with E-state index in [0.29, 0.717) is 0 Å². The summed E-state index contributed by atoms with van der Waals surface area (Å²) in [5, 5.41) is 2.71. The SMILES string of the molecule is CCc1ccccc1-c1c(CC)cc(-c2ccc(N(c3ccc(-c4ccccc4)cc3)c3ccc4c(c3)C(C)(C)c3ccccc3-4)cc2)c2ccc3c(c12)C(C)(C)c1ccccc1-3. The molecule has 0 amide bonds. The standard InChI is InChI=1S/C62H53N/c1-7-40-18-12-13-21-48(40)58-41(8-2)38-54(52-36-37-53-50-23-15-17-25-56(50)62(5,6)60(53)59(52)58)44-28-32-46(33-29-44)63(45-30-26-43(27-31-45)42-19-10-9-11-20-42)47-34-35-51-49-22-14-16-24-55(49)61(3,4)57(51)39-47/h9-39H,7-8H2,1-6H3. The van der Waals surface area contributed by atoms with Crippen molar-refractivity contribution in [2.75, 3.05) is 4.90 Å². The predicted molar refractivity (Wildman–Crippen MR) is 269 cm³/mol. The molecule has 0 aromatic heterocycles. The molecule has 0 heterocycles. The van der Waals surface area contributed by atoms with Crippen molar-refractivity contribution in [3.05, 3.63) is 221 Å². The van der Waals surface area contributed by atoms with E-state index in [4.69, 9.17) is 0 Å². The summed E-state index contributed by atoms with van der Waals surface area (Å²) in [7, 11) is 0. The van der Waals surface area contributed by atoms with Crippen LogP contribution in [0.25, 0.3) is 66.4 Å². The average molecular weight is 812 g/mol. The van der Waals surface area contributed by atoms with Crippen molar-refractivity contribution in [1.82, 2.24) is 0 Å². The van der Waals surface area contributed by atoms with Gasteiger partial charge in [0.2, 0.25) is 0 Å². The van der Waals surface area contributed by atoms with Gasteiger partial charge in [0.1, 0.15) is 0 Å². The maximum absolute atomic E-state index is 2.50. The highest BCUT2D eigenvalue weighted by Crippen LogP contribution is 2.55. The van der Waals surface area contributed by atoms with Crippen LogP contribution in [-0.2, 0) is 23.7 Å². The van der Waals surface area contributed by atoms with Gasteiger partial charge in [0.15, 0.2) is 0 Å². The molecule has 1 heteroatoms. The molecule has 0 radical (unpaired) electrons. The van der Waals surface area contributed by atoms with Gasteiger partial charge in [0.05, 0.1) is 0 Å². The van der Waals surface area contributed by atoms with E-state index in [1.54, 1.807) is 0 Å². The lowest BCUT2D eigenvalue weighted by atomic mass is 9.76. The van der Waals surface area contributed by atoms with Gasteiger partial charge in [-0.3, -0.25) is 0 Å². The van der Waals surface area contributed by atoms with Crippen LogP contribution >= 0.6 is 0 Å². The summed E-state index contributed by atoms with van der Waals surface area (Å²) >= 11 is 0. The lowest BCUT2D eigenvalue weighted by Crippen LogP contribution is -2.16. The van der Waals surface area contributed by atoms with Gasteiger partial charge in [0, 0.05) is 27.9 Å². The number of anilines is 3. The van der Waals surface area contributed by atoms with Gasteiger partial charge in [0.25, 0.3) is 0 Å². The Morgan fingerprint density at radius 2 is 0.873 bits per heavy atom. The zero-order chi connectivity index (χ0) is 43.0. The first-order valence-corrected chi connectivity index (χ1v) is 22.8. The van der Waals surface area contributed by atoms with Crippen LogP contribution in [0.5, 0.6) is 0 Å². The Labute approximate surface area is 373 Å². The molecule has 0 bridgehead atoms. The van der Waals surface area contributed by atoms with E-state index in [-0.39, 0.29) is 10.8 Å². The lowest BCUT2D eigenvalue weighted by molar-refractivity contribution is 0.660. The summed E-state index contributed by atoms with van der Waals surface area (Å²) in [6, 6.07) is 70.6. The van der Waals surface area contributed by atoms with E-state index in [1.165, 1.54) is 99.8 Å². The Morgan fingerprint density at radius 1 is 0.365 bits per heavy atom. The van der Waals surface area contributed by atoms with Crippen molar-refractivity contribution in [2.45, 2.75) is 65.2 Å². The van der Waals surface area contributed by atoms with Gasteiger partial charge < -0.3 is 4.90 Å². The monoisotopic (exact) mass is 811 g/mol. The third-order valence-electron chi connectivity index (χ3n) is 14.4. The van der Waals surface area contributed by atoms with Gasteiger partial charge in [-0.25, -0.2) is 0 Å². The second-order valence-electron chi connectivity index (χ2n) is 18.6. The maximum Gasteiger partial charge on any atom is 0.0465 e. The predicted octanol–water partition coefficient (Wildman–Crippen LogP) is 17.0. The molecule has 0 unspecified atom stereocenters. The summed E-state index contributed by atoms with van der Waals surface area (Å²) < 4.78 is 0. The second-order valence-corrected chi connectivity index (χ2v) is 18.6. The minimum absolute atomic E-state index is 0.105. The minimum atomic E-state index is -0.156. The Morgan fingerprint density at radius 3 is 1.54 bits per heavy atom. The van der Waals surface area contributed by atoms with Crippen LogP contribution in [0.4, 0.5) is 17.1 Å². The van der Waals surface area contributed by atoms with Crippen molar-refractivity contribution in [3.8, 4) is 55.6 Å². The van der Waals surface area contributed by atoms with Crippen LogP contribution < -0.4 is 4.90 Å². The summed E-state index contributed by atoms with van der Waals surface area (Å²) in [6.07, 6.45) is 1.93. The van der Waals surface area contributed by atoms with Crippen LogP contribution in [-0.4, -0.2) is 0 Å². The van der Waals surface area contributed by atoms with Crippen molar-refractivity contribution >= 4 is 27.8 Å². The van der Waals surface area contributed by atoms with E-state index in [2.05, 4.69) is 234 Å². The summed E-state index contributed by atoms with van der Waals surface area (Å²) in [4.78, 5) is 2.44. The van der Waals surface area contributed by atoms with Crippen LogP contribution in [0.15, 0.2) is 188 Å². The molecule has 0 fully saturated rings. The molecule has 9 aromatic carbocycles. The molecule has 0 aliphatic heterocycles. The molecule has 11 rings (SSSR count). The fraction of sp³-hybridized carbons (Fsp3) is 0.161. The Hall–Kier alpha value is -6.96. The highest BCUT2D eigenvalue weighted by atomic mass is 15.1. The minimum Gasteiger partial charge on any atom is -0.310 e. The molecule has 0 saturated carbocycles. The number of rotatable bonds is 8. The third kappa shape index (κ3) is 6.05. The number of benzene rings is 9. The molecule has 0 atom stereocenters. The van der Waals surface area contributed by atoms with Gasteiger partial charge in [-0.15, -0.1) is 0 Å². The van der Waals surface area contributed by atoms with Crippen LogP contribution in [0, 0.1) is 0 Å². The smallest absolute Gasteiger partial charge is 0.0465 e. The fourth-order valence-electron chi connectivity index (χ4n) is 11.2. The summed E-state index contributed by atoms with van der Waals surface area (Å²) in [5.74, 6) is 0. The van der Waals surface area contributed by atoms with E-state index < -0.39 is 0 Å². The average Bonchev–Trinajstić information content (AvgIpc) is 3.71. The highest BCUT2D eigenvalue weighted by Gasteiger charge is 2.39. The van der Waals surface area contributed by atoms with Crippen molar-refractivity contribution in [2.24, 2.45) is 0 Å². The first-order valence-electron chi connectivity index (χ1n) is 22.8. The van der Waals surface area contributed by atoms with Crippen LogP contribution in [0.1, 0.15) is 74.9 Å². The zero-order valence-electron chi connectivity index (χ0n) is 37.3. The van der Waals surface area contributed by atoms with Crippen molar-refractivity contribution in [3.63, 3.8) is 0 Å². The number of nitrogens with zero attached hydrogens (tertiary/aromatic N) is 1. The molecular weight excluding hydrogens is 759 g/mol. The van der Waals surface area contributed by atoms with E-state index in [1.807, 2.05) is 0 Å². The molecule has 63 heavy (non-hydrogen) atoms. The molecular formula is C62H53N. The van der Waals surface area contributed by atoms with Crippen LogP contribution in [0.2, 0.25) is 0 Å². The van der Waals surface area contributed by atoms with Gasteiger partial charge >= 0.3 is 0 Å². The van der Waals surface area contributed by atoms with Gasteiger partial charge in [-0.1, -0.05) is 187 Å². The largest absolute Gasteiger partial charge is 0.310 e. The topological polar surface area (TPSA) is 3.24 Å². The lowest BCUT2D eigenvalue weighted by Gasteiger charge is -2.29. The summed E-state index contributed by atoms with van der Waals surface area (Å²) in [5.41, 5.74) is 24.7. The molecule has 0 N–H and O–H groups in total. The molecule has 9 aromatic rings. The third-order valence-corrected chi connectivity index (χ3v) is 14.4. The number of aryl methyl sites for hydroxylation is 2. The molecule has 0 spiro atoms. The number of hydrogen-bond acceptors (Lipinski definition) is 1. The molecule has 2 aliphatic carbocycles. The number of hydrogen-bond donors (Lipinski definition) is 0. The molecule has 2 aliphatic rings. The molecule has 0 saturated heterocycles. The Bertz CT molecular complexity index is 3220. The maximum atomic E-state index is 2.50. The Balaban J connectivity index is 1.09. The van der Waals surface area contributed by atoms with Gasteiger partial charge in [-0.05, 0) is 155 Å². The molecule has 306 valence electrons. The van der Waals surface area contributed by atoms with Crippen LogP contribution in [0.3, 0.4) is 0 Å². The Kier molecular flexibility index (Phi) is 9.18. The van der Waals surface area contributed by atoms with E-state index >= 15 is 0 Å². The quantitative estimate of drug-likeness (QED) is 0.148. The molecule has 1 nitrogen and oxygen atoms in total. The van der Waals surface area contributed by atoms with Crippen molar-refractivity contribution < 1.29 is 0 Å². The van der Waals surface area contributed by atoms with E-state index in [9.17, 15) is 0 Å². The van der Waals surface area contributed by atoms with E-state index in [0.717, 1.165) is 29.9 Å². The normalized spacial score (nSPS) is 13.9. The number of fused-ring (bicyclic) bond motifs is 8. The first kappa shape index (κ1) is 38.9. The summed E-state index contributed by atoms with van der Waals surface area (Å²) in [6.45, 7) is 14.2.